The van der Waals surface area contributed by atoms with Crippen molar-refractivity contribution in [1.82, 2.24) is 9.03 Å². The molecule has 5 nitrogen and oxygen atoms in total. The monoisotopic (exact) mass is 300 g/mol. The normalized spacial score (nSPS) is 15.2. The zero-order chi connectivity index (χ0) is 15.2. The Morgan fingerprint density at radius 2 is 1.90 bits per heavy atom. The molecular formula is C14H24N2O3S. The van der Waals surface area contributed by atoms with E-state index in [0.717, 1.165) is 5.56 Å². The van der Waals surface area contributed by atoms with Gasteiger partial charge in [0, 0.05) is 25.7 Å². The standard InChI is InChI=1S/C14H24N2O3S/c1-4-14(2,10-11-17)15-20(18,19)16(3)12-13-8-6-5-7-9-13/h5-9,15,17H,4,10-12H2,1-3H3. The van der Waals surface area contributed by atoms with E-state index in [-0.39, 0.29) is 6.61 Å². The van der Waals surface area contributed by atoms with E-state index in [2.05, 4.69) is 4.72 Å². The maximum absolute atomic E-state index is 12.3. The fourth-order valence-corrected chi connectivity index (χ4v) is 3.21. The van der Waals surface area contributed by atoms with Crippen molar-refractivity contribution in [2.24, 2.45) is 0 Å². The highest BCUT2D eigenvalue weighted by atomic mass is 32.2. The van der Waals surface area contributed by atoms with Crippen LogP contribution in [-0.2, 0) is 16.8 Å². The molecule has 0 saturated heterocycles. The van der Waals surface area contributed by atoms with E-state index in [1.165, 1.54) is 4.31 Å². The number of hydrogen-bond acceptors (Lipinski definition) is 3. The Balaban J connectivity index is 2.77. The summed E-state index contributed by atoms with van der Waals surface area (Å²) in [6, 6.07) is 9.43. The van der Waals surface area contributed by atoms with Gasteiger partial charge in [-0.05, 0) is 25.3 Å². The third kappa shape index (κ3) is 4.86. The number of nitrogens with zero attached hydrogens (tertiary/aromatic N) is 1. The molecule has 114 valence electrons. The van der Waals surface area contributed by atoms with Gasteiger partial charge < -0.3 is 5.11 Å². The lowest BCUT2D eigenvalue weighted by atomic mass is 9.97. The Labute approximate surface area is 121 Å². The second-order valence-corrected chi connectivity index (χ2v) is 7.01. The zero-order valence-corrected chi connectivity index (χ0v) is 13.2. The molecule has 0 fully saturated rings. The van der Waals surface area contributed by atoms with Crippen LogP contribution in [-0.4, -0.2) is 37.0 Å². The third-order valence-corrected chi connectivity index (χ3v) is 5.18. The van der Waals surface area contributed by atoms with Crippen molar-refractivity contribution in [3.05, 3.63) is 35.9 Å². The minimum absolute atomic E-state index is 0.0464. The molecule has 6 heteroatoms. The van der Waals surface area contributed by atoms with Gasteiger partial charge in [-0.25, -0.2) is 0 Å². The molecule has 2 N–H and O–H groups in total. The van der Waals surface area contributed by atoms with Crippen molar-refractivity contribution >= 4 is 10.2 Å². The lowest BCUT2D eigenvalue weighted by Gasteiger charge is -2.31. The van der Waals surface area contributed by atoms with Crippen LogP contribution in [0.3, 0.4) is 0 Å². The van der Waals surface area contributed by atoms with Crippen LogP contribution in [0, 0.1) is 0 Å². The average Bonchev–Trinajstić information content (AvgIpc) is 2.39. The molecule has 0 aliphatic carbocycles. The van der Waals surface area contributed by atoms with Crippen molar-refractivity contribution in [2.75, 3.05) is 13.7 Å². The first-order valence-electron chi connectivity index (χ1n) is 6.73. The van der Waals surface area contributed by atoms with E-state index in [4.69, 9.17) is 5.11 Å². The Morgan fingerprint density at radius 3 is 2.40 bits per heavy atom. The van der Waals surface area contributed by atoms with Crippen molar-refractivity contribution in [2.45, 2.75) is 38.8 Å². The summed E-state index contributed by atoms with van der Waals surface area (Å²) in [4.78, 5) is 0. The molecule has 20 heavy (non-hydrogen) atoms. The quantitative estimate of drug-likeness (QED) is 0.764. The van der Waals surface area contributed by atoms with Crippen LogP contribution in [0.5, 0.6) is 0 Å². The van der Waals surface area contributed by atoms with Gasteiger partial charge in [0.2, 0.25) is 0 Å². The Bertz CT molecular complexity index is 504. The SMILES string of the molecule is CCC(C)(CCO)NS(=O)(=O)N(C)Cc1ccccc1. The van der Waals surface area contributed by atoms with Gasteiger partial charge in [0.15, 0.2) is 0 Å². The van der Waals surface area contributed by atoms with E-state index in [1.54, 1.807) is 14.0 Å². The molecule has 0 aliphatic heterocycles. The number of aliphatic hydroxyl groups is 1. The van der Waals surface area contributed by atoms with Gasteiger partial charge in [0.25, 0.3) is 10.2 Å². The van der Waals surface area contributed by atoms with Gasteiger partial charge in [-0.15, -0.1) is 0 Å². The van der Waals surface area contributed by atoms with Gasteiger partial charge in [0.05, 0.1) is 0 Å². The highest BCUT2D eigenvalue weighted by molar-refractivity contribution is 7.87. The van der Waals surface area contributed by atoms with Crippen LogP contribution in [0.4, 0.5) is 0 Å². The van der Waals surface area contributed by atoms with E-state index < -0.39 is 15.7 Å². The van der Waals surface area contributed by atoms with Crippen LogP contribution in [0.25, 0.3) is 0 Å². The summed E-state index contributed by atoms with van der Waals surface area (Å²) < 4.78 is 28.6. The Morgan fingerprint density at radius 1 is 1.30 bits per heavy atom. The van der Waals surface area contributed by atoms with E-state index in [1.807, 2.05) is 37.3 Å². The summed E-state index contributed by atoms with van der Waals surface area (Å²) in [5.41, 5.74) is 0.305. The van der Waals surface area contributed by atoms with Crippen molar-refractivity contribution < 1.29 is 13.5 Å². The molecule has 1 rings (SSSR count). The summed E-state index contributed by atoms with van der Waals surface area (Å²) in [6.07, 6.45) is 1.01. The summed E-state index contributed by atoms with van der Waals surface area (Å²) in [5.74, 6) is 0. The highest BCUT2D eigenvalue weighted by Gasteiger charge is 2.29. The molecule has 0 spiro atoms. The van der Waals surface area contributed by atoms with Crippen molar-refractivity contribution in [3.63, 3.8) is 0 Å². The largest absolute Gasteiger partial charge is 0.396 e. The first-order valence-corrected chi connectivity index (χ1v) is 8.17. The predicted molar refractivity (Wildman–Crippen MR) is 80.4 cm³/mol. The van der Waals surface area contributed by atoms with Crippen LogP contribution in [0.2, 0.25) is 0 Å². The summed E-state index contributed by atoms with van der Waals surface area (Å²) in [5, 5.41) is 9.06. The zero-order valence-electron chi connectivity index (χ0n) is 12.3. The summed E-state index contributed by atoms with van der Waals surface area (Å²) in [6.45, 7) is 3.97. The van der Waals surface area contributed by atoms with Crippen molar-refractivity contribution in [3.8, 4) is 0 Å². The lowest BCUT2D eigenvalue weighted by Crippen LogP contribution is -2.50. The lowest BCUT2D eigenvalue weighted by molar-refractivity contribution is 0.231. The van der Waals surface area contributed by atoms with Gasteiger partial charge in [-0.3, -0.25) is 0 Å². The fraction of sp³-hybridized carbons (Fsp3) is 0.571. The maximum Gasteiger partial charge on any atom is 0.279 e. The molecular weight excluding hydrogens is 276 g/mol. The molecule has 0 heterocycles. The minimum Gasteiger partial charge on any atom is -0.396 e. The smallest absolute Gasteiger partial charge is 0.279 e. The van der Waals surface area contributed by atoms with Crippen LogP contribution < -0.4 is 4.72 Å². The Kier molecular flexibility index (Phi) is 6.13. The molecule has 1 aromatic rings. The fourth-order valence-electron chi connectivity index (χ4n) is 1.86. The molecule has 1 atom stereocenters. The Hall–Kier alpha value is -0.950. The molecule has 0 radical (unpaired) electrons. The number of rotatable bonds is 8. The van der Waals surface area contributed by atoms with Gasteiger partial charge in [-0.1, -0.05) is 37.3 Å². The van der Waals surface area contributed by atoms with Crippen molar-refractivity contribution in [1.29, 1.82) is 0 Å². The molecule has 1 aromatic carbocycles. The van der Waals surface area contributed by atoms with E-state index in [0.29, 0.717) is 19.4 Å². The molecule has 0 aliphatic rings. The molecule has 0 bridgehead atoms. The third-order valence-electron chi connectivity index (χ3n) is 3.48. The van der Waals surface area contributed by atoms with Crippen LogP contribution >= 0.6 is 0 Å². The first kappa shape index (κ1) is 17.1. The summed E-state index contributed by atoms with van der Waals surface area (Å²) in [7, 11) is -2.03. The van der Waals surface area contributed by atoms with Crippen LogP contribution in [0.15, 0.2) is 30.3 Å². The van der Waals surface area contributed by atoms with Crippen LogP contribution in [0.1, 0.15) is 32.3 Å². The highest BCUT2D eigenvalue weighted by Crippen LogP contribution is 2.17. The minimum atomic E-state index is -3.58. The second kappa shape index (κ2) is 7.17. The predicted octanol–water partition coefficient (Wildman–Crippen LogP) is 1.50. The van der Waals surface area contributed by atoms with Gasteiger partial charge >= 0.3 is 0 Å². The number of benzene rings is 1. The molecule has 0 saturated carbocycles. The topological polar surface area (TPSA) is 69.6 Å². The second-order valence-electron chi connectivity index (χ2n) is 5.24. The number of aliphatic hydroxyl groups excluding tert-OH is 1. The number of hydrogen-bond donors (Lipinski definition) is 2. The van der Waals surface area contributed by atoms with Gasteiger partial charge in [-0.2, -0.15) is 17.4 Å². The molecule has 0 amide bonds. The van der Waals surface area contributed by atoms with Gasteiger partial charge in [0.1, 0.15) is 0 Å². The number of nitrogens with one attached hydrogen (secondary N) is 1. The maximum atomic E-state index is 12.3. The molecule has 1 unspecified atom stereocenters. The summed E-state index contributed by atoms with van der Waals surface area (Å²) >= 11 is 0. The average molecular weight is 300 g/mol. The first-order chi connectivity index (χ1) is 9.33. The van der Waals surface area contributed by atoms with E-state index in [9.17, 15) is 8.42 Å². The molecule has 0 aromatic heterocycles. The van der Waals surface area contributed by atoms with E-state index >= 15 is 0 Å².